The second-order valence-electron chi connectivity index (χ2n) is 4.60. The van der Waals surface area contributed by atoms with Crippen molar-refractivity contribution in [3.8, 4) is 0 Å². The van der Waals surface area contributed by atoms with Crippen LogP contribution in [0.25, 0.3) is 10.9 Å². The first kappa shape index (κ1) is 10.2. The van der Waals surface area contributed by atoms with E-state index in [2.05, 4.69) is 28.2 Å². The topological polar surface area (TPSA) is 37.3 Å². The van der Waals surface area contributed by atoms with E-state index in [-0.39, 0.29) is 12.1 Å². The molecule has 1 atom stereocenters. The number of hydrogen-bond donors (Lipinski definition) is 1. The van der Waals surface area contributed by atoms with Gasteiger partial charge >= 0.3 is 6.03 Å². The lowest BCUT2D eigenvalue weighted by Gasteiger charge is -2.07. The zero-order valence-electron chi connectivity index (χ0n) is 9.97. The smallest absolute Gasteiger partial charge is 0.317 e. The van der Waals surface area contributed by atoms with E-state index in [0.717, 1.165) is 6.54 Å². The predicted molar refractivity (Wildman–Crippen MR) is 66.8 cm³/mol. The molecule has 4 heteroatoms. The van der Waals surface area contributed by atoms with Crippen molar-refractivity contribution in [1.29, 1.82) is 0 Å². The molecule has 3 rings (SSSR count). The second kappa shape index (κ2) is 3.52. The summed E-state index contributed by atoms with van der Waals surface area (Å²) in [4.78, 5) is 13.2. The van der Waals surface area contributed by atoms with Crippen molar-refractivity contribution in [3.05, 3.63) is 36.0 Å². The Bertz CT molecular complexity index is 587. The largest absolute Gasteiger partial charge is 0.350 e. The van der Waals surface area contributed by atoms with Gasteiger partial charge in [0.1, 0.15) is 0 Å². The Hall–Kier alpha value is -1.97. The van der Waals surface area contributed by atoms with Gasteiger partial charge in [0.2, 0.25) is 0 Å². The molecule has 0 saturated carbocycles. The Morgan fingerprint density at radius 2 is 2.06 bits per heavy atom. The Balaban J connectivity index is 2.09. The fraction of sp³-hybridized carbons (Fsp3) is 0.308. The molecule has 1 N–H and O–H groups in total. The maximum atomic E-state index is 11.5. The maximum absolute atomic E-state index is 11.5. The highest BCUT2D eigenvalue weighted by molar-refractivity contribution is 5.86. The fourth-order valence-corrected chi connectivity index (χ4v) is 2.49. The van der Waals surface area contributed by atoms with Gasteiger partial charge in [-0.25, -0.2) is 4.79 Å². The van der Waals surface area contributed by atoms with Crippen LogP contribution >= 0.6 is 0 Å². The minimum absolute atomic E-state index is 0.00272. The van der Waals surface area contributed by atoms with Crippen LogP contribution in [-0.4, -0.2) is 29.1 Å². The zero-order valence-corrected chi connectivity index (χ0v) is 9.97. The van der Waals surface area contributed by atoms with Gasteiger partial charge in [0.25, 0.3) is 0 Å². The SMILES string of the molecule is CN1CC(c2cn(C)c3ccccc23)NC1=O. The molecule has 2 amide bonds. The highest BCUT2D eigenvalue weighted by Gasteiger charge is 2.28. The molecule has 88 valence electrons. The molecule has 1 unspecified atom stereocenters. The van der Waals surface area contributed by atoms with Gasteiger partial charge in [0.15, 0.2) is 0 Å². The van der Waals surface area contributed by atoms with Crippen LogP contribution in [-0.2, 0) is 7.05 Å². The molecule has 1 aromatic heterocycles. The number of para-hydroxylation sites is 1. The van der Waals surface area contributed by atoms with E-state index in [1.807, 2.05) is 26.2 Å². The van der Waals surface area contributed by atoms with E-state index >= 15 is 0 Å². The Morgan fingerprint density at radius 1 is 1.29 bits per heavy atom. The van der Waals surface area contributed by atoms with Crippen LogP contribution in [0.2, 0.25) is 0 Å². The zero-order chi connectivity index (χ0) is 12.0. The molecule has 2 aromatic rings. The van der Waals surface area contributed by atoms with Crippen LogP contribution in [0.3, 0.4) is 0 Å². The lowest BCUT2D eigenvalue weighted by atomic mass is 10.1. The first-order chi connectivity index (χ1) is 8.16. The Labute approximate surface area is 99.8 Å². The lowest BCUT2D eigenvalue weighted by molar-refractivity contribution is 0.226. The van der Waals surface area contributed by atoms with E-state index < -0.39 is 0 Å². The molecule has 17 heavy (non-hydrogen) atoms. The summed E-state index contributed by atoms with van der Waals surface area (Å²) in [5.74, 6) is 0. The van der Waals surface area contributed by atoms with E-state index in [0.29, 0.717) is 0 Å². The second-order valence-corrected chi connectivity index (χ2v) is 4.60. The molecule has 4 nitrogen and oxygen atoms in total. The molecule has 1 aromatic carbocycles. The first-order valence-electron chi connectivity index (χ1n) is 5.72. The molecule has 0 radical (unpaired) electrons. The van der Waals surface area contributed by atoms with Crippen molar-refractivity contribution >= 4 is 16.9 Å². The van der Waals surface area contributed by atoms with Crippen molar-refractivity contribution < 1.29 is 4.79 Å². The predicted octanol–water partition coefficient (Wildman–Crippen LogP) is 1.87. The molecular weight excluding hydrogens is 214 g/mol. The van der Waals surface area contributed by atoms with Crippen LogP contribution in [0.5, 0.6) is 0 Å². The summed E-state index contributed by atoms with van der Waals surface area (Å²) in [5.41, 5.74) is 2.40. The number of carbonyl (C=O) groups is 1. The molecule has 1 fully saturated rings. The van der Waals surface area contributed by atoms with E-state index in [4.69, 9.17) is 0 Å². The highest BCUT2D eigenvalue weighted by atomic mass is 16.2. The number of urea groups is 1. The number of nitrogens with one attached hydrogen (secondary N) is 1. The van der Waals surface area contributed by atoms with E-state index in [9.17, 15) is 4.79 Å². The number of nitrogens with zero attached hydrogens (tertiary/aromatic N) is 2. The van der Waals surface area contributed by atoms with E-state index in [1.165, 1.54) is 16.5 Å². The highest BCUT2D eigenvalue weighted by Crippen LogP contribution is 2.28. The van der Waals surface area contributed by atoms with E-state index in [1.54, 1.807) is 4.90 Å². The summed E-state index contributed by atoms with van der Waals surface area (Å²) >= 11 is 0. The third kappa shape index (κ3) is 1.48. The van der Waals surface area contributed by atoms with Crippen LogP contribution < -0.4 is 5.32 Å². The number of aryl methyl sites for hydroxylation is 1. The van der Waals surface area contributed by atoms with Gasteiger partial charge in [0, 0.05) is 43.3 Å². The van der Waals surface area contributed by atoms with Gasteiger partial charge in [-0.3, -0.25) is 0 Å². The van der Waals surface area contributed by atoms with Gasteiger partial charge in [-0.1, -0.05) is 18.2 Å². The van der Waals surface area contributed by atoms with Crippen molar-refractivity contribution in [2.24, 2.45) is 7.05 Å². The minimum Gasteiger partial charge on any atom is -0.350 e. The van der Waals surface area contributed by atoms with Crippen molar-refractivity contribution in [2.45, 2.75) is 6.04 Å². The van der Waals surface area contributed by atoms with Gasteiger partial charge < -0.3 is 14.8 Å². The van der Waals surface area contributed by atoms with Crippen LogP contribution in [0.1, 0.15) is 11.6 Å². The molecule has 1 aliphatic heterocycles. The molecule has 0 spiro atoms. The first-order valence-corrected chi connectivity index (χ1v) is 5.72. The molecule has 0 bridgehead atoms. The number of rotatable bonds is 1. The molecule has 1 aliphatic rings. The number of hydrogen-bond acceptors (Lipinski definition) is 1. The summed E-state index contributed by atoms with van der Waals surface area (Å²) in [6.07, 6.45) is 2.11. The number of benzene rings is 1. The molecular formula is C13H15N3O. The van der Waals surface area contributed by atoms with Crippen molar-refractivity contribution in [3.63, 3.8) is 0 Å². The quantitative estimate of drug-likeness (QED) is 0.796. The summed E-state index contributed by atoms with van der Waals surface area (Å²) in [5, 5.41) is 4.22. The van der Waals surface area contributed by atoms with Crippen molar-refractivity contribution in [2.75, 3.05) is 13.6 Å². The number of carbonyl (C=O) groups excluding carboxylic acids is 1. The minimum atomic E-state index is 0.00272. The summed E-state index contributed by atoms with van der Waals surface area (Å²) < 4.78 is 2.11. The Morgan fingerprint density at radius 3 is 2.76 bits per heavy atom. The van der Waals surface area contributed by atoms with Gasteiger partial charge in [-0.05, 0) is 6.07 Å². The lowest BCUT2D eigenvalue weighted by Crippen LogP contribution is -2.23. The number of amides is 2. The average molecular weight is 229 g/mol. The van der Waals surface area contributed by atoms with Crippen LogP contribution in [0.4, 0.5) is 4.79 Å². The molecule has 2 heterocycles. The summed E-state index contributed by atoms with van der Waals surface area (Å²) in [6.45, 7) is 0.729. The standard InChI is InChI=1S/C13H15N3O/c1-15-7-10(9-5-3-4-6-12(9)15)11-8-16(2)13(17)14-11/h3-7,11H,8H2,1-2H3,(H,14,17). The third-order valence-electron chi connectivity index (χ3n) is 3.40. The maximum Gasteiger partial charge on any atom is 0.317 e. The monoisotopic (exact) mass is 229 g/mol. The number of likely N-dealkylation sites (N-methyl/N-ethyl adjacent to an activating group) is 1. The third-order valence-corrected chi connectivity index (χ3v) is 3.40. The fourth-order valence-electron chi connectivity index (χ4n) is 2.49. The molecule has 0 aliphatic carbocycles. The number of fused-ring (bicyclic) bond motifs is 1. The normalized spacial score (nSPS) is 20.0. The van der Waals surface area contributed by atoms with Crippen LogP contribution in [0, 0.1) is 0 Å². The van der Waals surface area contributed by atoms with Gasteiger partial charge in [-0.2, -0.15) is 0 Å². The summed E-state index contributed by atoms with van der Waals surface area (Å²) in [7, 11) is 3.85. The Kier molecular flexibility index (Phi) is 2.11. The van der Waals surface area contributed by atoms with Gasteiger partial charge in [-0.15, -0.1) is 0 Å². The average Bonchev–Trinajstić information content (AvgIpc) is 2.82. The number of aromatic nitrogens is 1. The summed E-state index contributed by atoms with van der Waals surface area (Å²) in [6, 6.07) is 8.37. The van der Waals surface area contributed by atoms with Gasteiger partial charge in [0.05, 0.1) is 6.04 Å². The van der Waals surface area contributed by atoms with Crippen LogP contribution in [0.15, 0.2) is 30.5 Å². The molecule has 1 saturated heterocycles. The van der Waals surface area contributed by atoms with Crippen molar-refractivity contribution in [1.82, 2.24) is 14.8 Å².